The first-order valence-corrected chi connectivity index (χ1v) is 7.09. The molecule has 5 nitrogen and oxygen atoms in total. The molecule has 0 aromatic carbocycles. The molecule has 1 aromatic heterocycles. The zero-order valence-electron chi connectivity index (χ0n) is 11.6. The van der Waals surface area contributed by atoms with E-state index in [-0.39, 0.29) is 17.7 Å². The topological polar surface area (TPSA) is 79.5 Å². The molecule has 0 unspecified atom stereocenters. The van der Waals surface area contributed by atoms with Crippen LogP contribution in [0.1, 0.15) is 50.5 Å². The molecule has 110 valence electrons. The fourth-order valence-electron chi connectivity index (χ4n) is 3.04. The monoisotopic (exact) mass is 279 g/mol. The van der Waals surface area contributed by atoms with Crippen LogP contribution in [0.5, 0.6) is 0 Å². The predicted molar refractivity (Wildman–Crippen MR) is 72.9 cm³/mol. The van der Waals surface area contributed by atoms with Crippen molar-refractivity contribution in [1.29, 1.82) is 0 Å². The van der Waals surface area contributed by atoms with Crippen molar-refractivity contribution in [2.24, 2.45) is 5.41 Å². The Balaban J connectivity index is 1.89. The van der Waals surface area contributed by atoms with E-state index in [1.165, 1.54) is 0 Å². The molecular weight excluding hydrogens is 258 g/mol. The van der Waals surface area contributed by atoms with Crippen LogP contribution in [0.15, 0.2) is 23.0 Å². The molecule has 0 radical (unpaired) electrons. The normalized spacial score (nSPS) is 17.6. The lowest BCUT2D eigenvalue weighted by Crippen LogP contribution is -2.34. The van der Waals surface area contributed by atoms with Gasteiger partial charge in [-0.15, -0.1) is 0 Å². The van der Waals surface area contributed by atoms with Crippen LogP contribution < -0.4 is 5.32 Å². The molecule has 0 saturated heterocycles. The van der Waals surface area contributed by atoms with Gasteiger partial charge >= 0.3 is 5.97 Å². The molecule has 0 atom stereocenters. The second-order valence-electron chi connectivity index (χ2n) is 5.72. The van der Waals surface area contributed by atoms with E-state index in [1.807, 2.05) is 0 Å². The minimum atomic E-state index is -0.811. The van der Waals surface area contributed by atoms with Crippen molar-refractivity contribution in [1.82, 2.24) is 5.32 Å². The number of hydrogen-bond donors (Lipinski definition) is 2. The molecule has 20 heavy (non-hydrogen) atoms. The highest BCUT2D eigenvalue weighted by atomic mass is 16.4. The minimum Gasteiger partial charge on any atom is -0.481 e. The summed E-state index contributed by atoms with van der Waals surface area (Å²) in [7, 11) is 0. The molecular formula is C15H21NO4. The molecule has 5 heteroatoms. The number of aliphatic carboxylic acids is 1. The van der Waals surface area contributed by atoms with Gasteiger partial charge in [0.1, 0.15) is 0 Å². The van der Waals surface area contributed by atoms with Gasteiger partial charge in [0.2, 0.25) is 5.91 Å². The molecule has 0 spiro atoms. The first-order valence-electron chi connectivity index (χ1n) is 7.09. The van der Waals surface area contributed by atoms with E-state index >= 15 is 0 Å². The molecule has 0 aliphatic heterocycles. The summed E-state index contributed by atoms with van der Waals surface area (Å²) >= 11 is 0. The van der Waals surface area contributed by atoms with Crippen molar-refractivity contribution in [2.75, 3.05) is 0 Å². The summed E-state index contributed by atoms with van der Waals surface area (Å²) in [5.41, 5.74) is 0.555. The lowest BCUT2D eigenvalue weighted by molar-refractivity contribution is -0.141. The van der Waals surface area contributed by atoms with Gasteiger partial charge in [0.05, 0.1) is 18.9 Å². The van der Waals surface area contributed by atoms with Crippen molar-refractivity contribution in [2.45, 2.75) is 51.5 Å². The van der Waals surface area contributed by atoms with Gasteiger partial charge in [-0.2, -0.15) is 0 Å². The number of carboxylic acid groups (broad SMARTS) is 1. The second kappa shape index (κ2) is 6.59. The fourth-order valence-corrected chi connectivity index (χ4v) is 3.04. The highest BCUT2D eigenvalue weighted by Crippen LogP contribution is 2.42. The Bertz CT molecular complexity index is 446. The lowest BCUT2D eigenvalue weighted by Gasteiger charge is -2.35. The van der Waals surface area contributed by atoms with Gasteiger partial charge in [0.25, 0.3) is 0 Å². The van der Waals surface area contributed by atoms with Crippen molar-refractivity contribution < 1.29 is 19.1 Å². The summed E-state index contributed by atoms with van der Waals surface area (Å²) < 4.78 is 4.94. The molecule has 0 bridgehead atoms. The Morgan fingerprint density at radius 1 is 1.25 bits per heavy atom. The SMILES string of the molecule is O=C(O)CC1(CC(=O)NCc2ccoc2)CCCCC1. The third-order valence-electron chi connectivity index (χ3n) is 4.05. The number of carboxylic acids is 1. The van der Waals surface area contributed by atoms with Gasteiger partial charge in [-0.25, -0.2) is 0 Å². The van der Waals surface area contributed by atoms with E-state index in [0.29, 0.717) is 13.0 Å². The fraction of sp³-hybridized carbons (Fsp3) is 0.600. The maximum atomic E-state index is 12.1. The van der Waals surface area contributed by atoms with E-state index in [0.717, 1.165) is 37.7 Å². The van der Waals surface area contributed by atoms with Crippen LogP contribution in [0.4, 0.5) is 0 Å². The lowest BCUT2D eigenvalue weighted by atomic mass is 9.69. The molecule has 2 N–H and O–H groups in total. The summed E-state index contributed by atoms with van der Waals surface area (Å²) in [5.74, 6) is -0.885. The smallest absolute Gasteiger partial charge is 0.303 e. The van der Waals surface area contributed by atoms with E-state index in [2.05, 4.69) is 5.32 Å². The summed E-state index contributed by atoms with van der Waals surface area (Å²) in [5, 5.41) is 11.9. The zero-order chi connectivity index (χ0) is 14.4. The van der Waals surface area contributed by atoms with Crippen molar-refractivity contribution in [3.63, 3.8) is 0 Å². The Kier molecular flexibility index (Phi) is 4.82. The number of carbonyl (C=O) groups is 2. The summed E-state index contributed by atoms with van der Waals surface area (Å²) in [4.78, 5) is 23.1. The number of amides is 1. The number of rotatable bonds is 6. The molecule has 1 aromatic rings. The van der Waals surface area contributed by atoms with E-state index in [9.17, 15) is 9.59 Å². The average Bonchev–Trinajstić information content (AvgIpc) is 2.89. The maximum absolute atomic E-state index is 12.1. The van der Waals surface area contributed by atoms with Gasteiger partial charge in [-0.05, 0) is 24.3 Å². The molecule has 1 aliphatic carbocycles. The maximum Gasteiger partial charge on any atom is 0.303 e. The van der Waals surface area contributed by atoms with Gasteiger partial charge in [0.15, 0.2) is 0 Å². The first-order chi connectivity index (χ1) is 9.60. The summed E-state index contributed by atoms with van der Waals surface area (Å²) in [6.45, 7) is 0.429. The number of nitrogens with one attached hydrogen (secondary N) is 1. The average molecular weight is 279 g/mol. The Morgan fingerprint density at radius 2 is 2.00 bits per heavy atom. The van der Waals surface area contributed by atoms with E-state index in [4.69, 9.17) is 9.52 Å². The van der Waals surface area contributed by atoms with Crippen molar-refractivity contribution in [3.8, 4) is 0 Å². The zero-order valence-corrected chi connectivity index (χ0v) is 11.6. The molecule has 2 rings (SSSR count). The van der Waals surface area contributed by atoms with E-state index in [1.54, 1.807) is 18.6 Å². The number of hydrogen-bond acceptors (Lipinski definition) is 3. The molecule has 1 amide bonds. The predicted octanol–water partition coefficient (Wildman–Crippen LogP) is 2.71. The van der Waals surface area contributed by atoms with Crippen molar-refractivity contribution in [3.05, 3.63) is 24.2 Å². The third kappa shape index (κ3) is 4.11. The van der Waals surface area contributed by atoms with Crippen LogP contribution in [-0.4, -0.2) is 17.0 Å². The van der Waals surface area contributed by atoms with Crippen LogP contribution in [0, 0.1) is 5.41 Å². The second-order valence-corrected chi connectivity index (χ2v) is 5.72. The quantitative estimate of drug-likeness (QED) is 0.839. The Labute approximate surface area is 118 Å². The van der Waals surface area contributed by atoms with Gasteiger partial charge in [0, 0.05) is 18.5 Å². The Morgan fingerprint density at radius 3 is 2.60 bits per heavy atom. The first kappa shape index (κ1) is 14.6. The highest BCUT2D eigenvalue weighted by Gasteiger charge is 2.36. The van der Waals surface area contributed by atoms with Gasteiger partial charge in [-0.1, -0.05) is 19.3 Å². The van der Waals surface area contributed by atoms with Crippen molar-refractivity contribution >= 4 is 11.9 Å². The highest BCUT2D eigenvalue weighted by molar-refractivity contribution is 5.78. The van der Waals surface area contributed by atoms with Gasteiger partial charge < -0.3 is 14.8 Å². The molecule has 1 saturated carbocycles. The van der Waals surface area contributed by atoms with Crippen LogP contribution in [0.25, 0.3) is 0 Å². The third-order valence-corrected chi connectivity index (χ3v) is 4.05. The Hall–Kier alpha value is -1.78. The standard InChI is InChI=1S/C15H21NO4/c17-13(16-10-12-4-7-20-11-12)8-15(9-14(18)19)5-2-1-3-6-15/h4,7,11H,1-3,5-6,8-10H2,(H,16,17)(H,18,19). The molecule has 1 heterocycles. The van der Waals surface area contributed by atoms with E-state index < -0.39 is 5.97 Å². The summed E-state index contributed by atoms with van der Waals surface area (Å²) in [6.07, 6.45) is 8.38. The van der Waals surface area contributed by atoms with Crippen LogP contribution in [-0.2, 0) is 16.1 Å². The number of carbonyl (C=O) groups excluding carboxylic acids is 1. The minimum absolute atomic E-state index is 0.0747. The summed E-state index contributed by atoms with van der Waals surface area (Å²) in [6, 6.07) is 1.80. The van der Waals surface area contributed by atoms with Crippen LogP contribution >= 0.6 is 0 Å². The van der Waals surface area contributed by atoms with Crippen LogP contribution in [0.3, 0.4) is 0 Å². The van der Waals surface area contributed by atoms with Gasteiger partial charge in [-0.3, -0.25) is 9.59 Å². The van der Waals surface area contributed by atoms with Crippen LogP contribution in [0.2, 0.25) is 0 Å². The largest absolute Gasteiger partial charge is 0.481 e. The molecule has 1 fully saturated rings. The number of furan rings is 1. The molecule has 1 aliphatic rings.